The molecule has 0 atom stereocenters. The van der Waals surface area contributed by atoms with E-state index in [0.717, 1.165) is 18.9 Å². The van der Waals surface area contributed by atoms with Crippen molar-refractivity contribution in [3.63, 3.8) is 0 Å². The lowest BCUT2D eigenvalue weighted by molar-refractivity contribution is -0.133. The number of aliphatic carboxylic acids is 1. The number of thioether (sulfide) groups is 1. The quantitative estimate of drug-likeness (QED) is 0.773. The third-order valence-corrected chi connectivity index (χ3v) is 4.02. The summed E-state index contributed by atoms with van der Waals surface area (Å²) in [6.45, 7) is 6.06. The van der Waals surface area contributed by atoms with Crippen molar-refractivity contribution in [3.8, 4) is 0 Å². The van der Waals surface area contributed by atoms with Crippen molar-refractivity contribution in [2.24, 2.45) is 0 Å². The number of hydrogen-bond donors (Lipinski definition) is 1. The van der Waals surface area contributed by atoms with E-state index in [2.05, 4.69) is 15.1 Å². The largest absolute Gasteiger partial charge is 0.481 e. The lowest BCUT2D eigenvalue weighted by Gasteiger charge is -2.15. The molecule has 100 valence electrons. The van der Waals surface area contributed by atoms with E-state index in [1.807, 2.05) is 11.5 Å². The van der Waals surface area contributed by atoms with Crippen LogP contribution in [0, 0.1) is 6.92 Å². The number of nitrogens with zero attached hydrogens (tertiary/aromatic N) is 4. The second-order valence-corrected chi connectivity index (χ2v) is 5.36. The number of carboxylic acid groups (broad SMARTS) is 1. The standard InChI is InChI=1S/C11H18N4O2S/c1-9-12-13-11(18-8-10(16)17)15(9)7-6-14-4-2-3-5-14/h2-8H2,1H3,(H,16,17). The molecule has 0 radical (unpaired) electrons. The molecule has 1 fully saturated rings. The normalized spacial score (nSPS) is 16.3. The van der Waals surface area contributed by atoms with Crippen molar-refractivity contribution in [2.45, 2.75) is 31.5 Å². The molecule has 1 aliphatic heterocycles. The highest BCUT2D eigenvalue weighted by Crippen LogP contribution is 2.17. The molecule has 0 unspecified atom stereocenters. The maximum Gasteiger partial charge on any atom is 0.313 e. The topological polar surface area (TPSA) is 71.2 Å². The number of rotatable bonds is 6. The zero-order valence-electron chi connectivity index (χ0n) is 10.5. The fourth-order valence-electron chi connectivity index (χ4n) is 2.10. The molecule has 1 saturated heterocycles. The average Bonchev–Trinajstić information content (AvgIpc) is 2.94. The number of hydrogen-bond acceptors (Lipinski definition) is 5. The van der Waals surface area contributed by atoms with Gasteiger partial charge in [-0.05, 0) is 32.9 Å². The van der Waals surface area contributed by atoms with Crippen molar-refractivity contribution in [1.82, 2.24) is 19.7 Å². The Morgan fingerprint density at radius 1 is 1.33 bits per heavy atom. The van der Waals surface area contributed by atoms with Gasteiger partial charge >= 0.3 is 5.97 Å². The minimum atomic E-state index is -0.827. The van der Waals surface area contributed by atoms with Gasteiger partial charge in [0, 0.05) is 13.1 Å². The first-order chi connectivity index (χ1) is 8.66. The van der Waals surface area contributed by atoms with Crippen molar-refractivity contribution in [1.29, 1.82) is 0 Å². The van der Waals surface area contributed by atoms with E-state index < -0.39 is 5.97 Å². The molecule has 1 aromatic rings. The second-order valence-electron chi connectivity index (χ2n) is 4.41. The molecular formula is C11H18N4O2S. The van der Waals surface area contributed by atoms with Gasteiger partial charge in [-0.3, -0.25) is 4.79 Å². The summed E-state index contributed by atoms with van der Waals surface area (Å²) in [5, 5.41) is 17.4. The highest BCUT2D eigenvalue weighted by atomic mass is 32.2. The maximum atomic E-state index is 10.6. The van der Waals surface area contributed by atoms with Crippen molar-refractivity contribution in [2.75, 3.05) is 25.4 Å². The van der Waals surface area contributed by atoms with Crippen LogP contribution in [0.25, 0.3) is 0 Å². The minimum Gasteiger partial charge on any atom is -0.481 e. The summed E-state index contributed by atoms with van der Waals surface area (Å²) in [5.41, 5.74) is 0. The molecule has 0 aliphatic carbocycles. The number of aryl methyl sites for hydroxylation is 1. The number of carboxylic acids is 1. The Kier molecular flexibility index (Phi) is 4.60. The van der Waals surface area contributed by atoms with Gasteiger partial charge in [0.2, 0.25) is 0 Å². The highest BCUT2D eigenvalue weighted by molar-refractivity contribution is 7.99. The van der Waals surface area contributed by atoms with Gasteiger partial charge in [-0.1, -0.05) is 11.8 Å². The SMILES string of the molecule is Cc1nnc(SCC(=O)O)n1CCN1CCCC1. The molecule has 2 rings (SSSR count). The van der Waals surface area contributed by atoms with E-state index in [1.165, 1.54) is 37.7 Å². The summed E-state index contributed by atoms with van der Waals surface area (Å²) >= 11 is 1.23. The predicted molar refractivity (Wildman–Crippen MR) is 68.8 cm³/mol. The molecule has 1 aliphatic rings. The average molecular weight is 270 g/mol. The van der Waals surface area contributed by atoms with Gasteiger partial charge in [0.15, 0.2) is 5.16 Å². The van der Waals surface area contributed by atoms with Crippen LogP contribution in [0.2, 0.25) is 0 Å². The van der Waals surface area contributed by atoms with Gasteiger partial charge in [0.25, 0.3) is 0 Å². The first-order valence-corrected chi connectivity index (χ1v) is 7.12. The van der Waals surface area contributed by atoms with Crippen LogP contribution in [-0.2, 0) is 11.3 Å². The molecule has 1 aromatic heterocycles. The van der Waals surface area contributed by atoms with Crippen molar-refractivity contribution >= 4 is 17.7 Å². The third-order valence-electron chi connectivity index (χ3n) is 3.07. The van der Waals surface area contributed by atoms with E-state index >= 15 is 0 Å². The Hall–Kier alpha value is -1.08. The van der Waals surface area contributed by atoms with Crippen molar-refractivity contribution < 1.29 is 9.90 Å². The first kappa shape index (κ1) is 13.4. The van der Waals surface area contributed by atoms with Crippen LogP contribution < -0.4 is 0 Å². The summed E-state index contributed by atoms with van der Waals surface area (Å²) in [7, 11) is 0. The van der Waals surface area contributed by atoms with Gasteiger partial charge in [-0.2, -0.15) is 0 Å². The van der Waals surface area contributed by atoms with Gasteiger partial charge in [-0.25, -0.2) is 0 Å². The van der Waals surface area contributed by atoms with Crippen LogP contribution in [0.4, 0.5) is 0 Å². The summed E-state index contributed by atoms with van der Waals surface area (Å²) in [6, 6.07) is 0. The zero-order chi connectivity index (χ0) is 13.0. The third kappa shape index (κ3) is 3.46. The van der Waals surface area contributed by atoms with Crippen LogP contribution in [0.1, 0.15) is 18.7 Å². The molecule has 7 heteroatoms. The van der Waals surface area contributed by atoms with Crippen LogP contribution in [0.3, 0.4) is 0 Å². The van der Waals surface area contributed by atoms with Crippen molar-refractivity contribution in [3.05, 3.63) is 5.82 Å². The second kappa shape index (κ2) is 6.19. The first-order valence-electron chi connectivity index (χ1n) is 6.13. The predicted octanol–water partition coefficient (Wildman–Crippen LogP) is 0.859. The lowest BCUT2D eigenvalue weighted by Crippen LogP contribution is -2.24. The Balaban J connectivity index is 1.92. The van der Waals surface area contributed by atoms with Crippen LogP contribution in [-0.4, -0.2) is 56.1 Å². The molecule has 18 heavy (non-hydrogen) atoms. The fraction of sp³-hybridized carbons (Fsp3) is 0.727. The fourth-order valence-corrected chi connectivity index (χ4v) is 2.83. The highest BCUT2D eigenvalue weighted by Gasteiger charge is 2.14. The van der Waals surface area contributed by atoms with Crippen LogP contribution >= 0.6 is 11.8 Å². The minimum absolute atomic E-state index is 0.0296. The molecule has 6 nitrogen and oxygen atoms in total. The van der Waals surface area contributed by atoms with E-state index in [4.69, 9.17) is 5.11 Å². The summed E-state index contributed by atoms with van der Waals surface area (Å²) in [6.07, 6.45) is 2.56. The molecular weight excluding hydrogens is 252 g/mol. The van der Waals surface area contributed by atoms with Crippen LogP contribution in [0.15, 0.2) is 5.16 Å². The molecule has 0 amide bonds. The van der Waals surface area contributed by atoms with E-state index in [1.54, 1.807) is 0 Å². The molecule has 0 bridgehead atoms. The molecule has 0 aromatic carbocycles. The summed E-state index contributed by atoms with van der Waals surface area (Å²) in [4.78, 5) is 13.0. The number of likely N-dealkylation sites (tertiary alicyclic amines) is 1. The zero-order valence-corrected chi connectivity index (χ0v) is 11.3. The summed E-state index contributed by atoms with van der Waals surface area (Å²) < 4.78 is 2.01. The maximum absolute atomic E-state index is 10.6. The Morgan fingerprint density at radius 2 is 2.06 bits per heavy atom. The molecule has 1 N–H and O–H groups in total. The van der Waals surface area contributed by atoms with Gasteiger partial charge in [-0.15, -0.1) is 10.2 Å². The van der Waals surface area contributed by atoms with Crippen LogP contribution in [0.5, 0.6) is 0 Å². The van der Waals surface area contributed by atoms with E-state index in [0.29, 0.717) is 5.16 Å². The smallest absolute Gasteiger partial charge is 0.313 e. The van der Waals surface area contributed by atoms with Gasteiger partial charge in [0.05, 0.1) is 5.75 Å². The van der Waals surface area contributed by atoms with Gasteiger partial charge in [0.1, 0.15) is 5.82 Å². The van der Waals surface area contributed by atoms with E-state index in [9.17, 15) is 4.79 Å². The molecule has 0 spiro atoms. The van der Waals surface area contributed by atoms with E-state index in [-0.39, 0.29) is 5.75 Å². The Labute approximate surface area is 110 Å². The summed E-state index contributed by atoms with van der Waals surface area (Å²) in [5.74, 6) is 0.0517. The lowest BCUT2D eigenvalue weighted by atomic mass is 10.4. The molecule has 2 heterocycles. The number of aromatic nitrogens is 3. The molecule has 0 saturated carbocycles. The monoisotopic (exact) mass is 270 g/mol. The Morgan fingerprint density at radius 3 is 2.72 bits per heavy atom. The Bertz CT molecular complexity index is 415. The van der Waals surface area contributed by atoms with Gasteiger partial charge < -0.3 is 14.6 Å². The number of carbonyl (C=O) groups is 1.